The van der Waals surface area contributed by atoms with E-state index < -0.39 is 0 Å². The van der Waals surface area contributed by atoms with Crippen molar-refractivity contribution in [1.29, 1.82) is 0 Å². The molecule has 0 radical (unpaired) electrons. The summed E-state index contributed by atoms with van der Waals surface area (Å²) in [5.74, 6) is 1.10. The average Bonchev–Trinajstić information content (AvgIpc) is 2.85. The zero-order chi connectivity index (χ0) is 22.8. The van der Waals surface area contributed by atoms with Crippen LogP contribution in [0.1, 0.15) is 32.0 Å². The van der Waals surface area contributed by atoms with E-state index in [-0.39, 0.29) is 17.5 Å². The Kier molecular flexibility index (Phi) is 8.20. The lowest BCUT2D eigenvalue weighted by Gasteiger charge is -2.08. The summed E-state index contributed by atoms with van der Waals surface area (Å²) in [5, 5.41) is 5.71. The fourth-order valence-electron chi connectivity index (χ4n) is 3.08. The summed E-state index contributed by atoms with van der Waals surface area (Å²) in [5.41, 5.74) is 2.88. The summed E-state index contributed by atoms with van der Waals surface area (Å²) >= 11 is 0. The first-order valence-electron chi connectivity index (χ1n) is 10.4. The maximum Gasteiger partial charge on any atom is 0.269 e. The maximum absolute atomic E-state index is 12.3. The third-order valence-corrected chi connectivity index (χ3v) is 4.97. The van der Waals surface area contributed by atoms with Gasteiger partial charge < -0.3 is 20.1 Å². The third-order valence-electron chi connectivity index (χ3n) is 4.97. The molecule has 2 amide bonds. The van der Waals surface area contributed by atoms with Gasteiger partial charge in [-0.25, -0.2) is 0 Å². The van der Waals surface area contributed by atoms with Crippen molar-refractivity contribution in [2.24, 2.45) is 0 Å². The van der Waals surface area contributed by atoms with Gasteiger partial charge in [0.25, 0.3) is 11.8 Å². The highest BCUT2D eigenvalue weighted by atomic mass is 16.5. The molecular weight excluding hydrogens is 406 g/mol. The molecule has 3 rings (SSSR count). The van der Waals surface area contributed by atoms with Gasteiger partial charge in [0.1, 0.15) is 17.2 Å². The van der Waals surface area contributed by atoms with E-state index in [0.29, 0.717) is 31.5 Å². The van der Waals surface area contributed by atoms with Crippen molar-refractivity contribution in [2.45, 2.75) is 12.8 Å². The lowest BCUT2D eigenvalue weighted by Crippen LogP contribution is -2.28. The molecule has 0 spiro atoms. The Morgan fingerprint density at radius 3 is 1.66 bits per heavy atom. The Bertz CT molecular complexity index is 932. The number of amides is 2. The van der Waals surface area contributed by atoms with Gasteiger partial charge in [0, 0.05) is 19.3 Å². The molecule has 0 bridgehead atoms. The first kappa shape index (κ1) is 22.8. The van der Waals surface area contributed by atoms with E-state index in [2.05, 4.69) is 15.6 Å². The largest absolute Gasteiger partial charge is 0.497 e. The van der Waals surface area contributed by atoms with Crippen molar-refractivity contribution in [3.05, 3.63) is 89.2 Å². The summed E-state index contributed by atoms with van der Waals surface area (Å²) in [7, 11) is 3.25. The van der Waals surface area contributed by atoms with Crippen molar-refractivity contribution >= 4 is 11.8 Å². The van der Waals surface area contributed by atoms with Gasteiger partial charge in [-0.15, -0.1) is 0 Å². The van der Waals surface area contributed by atoms with E-state index in [1.54, 1.807) is 26.4 Å². The Morgan fingerprint density at radius 1 is 0.719 bits per heavy atom. The standard InChI is InChI=1S/C25H27N3O4/c1-31-21-8-3-18(4-9-21)13-15-26-24(29)20-7-12-23(28-17-20)25(30)27-16-14-19-5-10-22(32-2)11-6-19/h3-12,17H,13-16H2,1-2H3,(H,26,29)(H,27,30). The molecule has 2 N–H and O–H groups in total. The highest BCUT2D eigenvalue weighted by molar-refractivity contribution is 5.96. The summed E-state index contributed by atoms with van der Waals surface area (Å²) in [6, 6.07) is 18.6. The van der Waals surface area contributed by atoms with Gasteiger partial charge in [-0.1, -0.05) is 24.3 Å². The molecule has 0 aliphatic heterocycles. The highest BCUT2D eigenvalue weighted by Crippen LogP contribution is 2.12. The number of hydrogen-bond acceptors (Lipinski definition) is 5. The number of hydrogen-bond donors (Lipinski definition) is 2. The number of benzene rings is 2. The van der Waals surface area contributed by atoms with Crippen LogP contribution in [0.25, 0.3) is 0 Å². The smallest absolute Gasteiger partial charge is 0.269 e. The molecule has 0 saturated heterocycles. The Labute approximate surface area is 187 Å². The molecular formula is C25H27N3O4. The average molecular weight is 434 g/mol. The predicted molar refractivity (Wildman–Crippen MR) is 122 cm³/mol. The van der Waals surface area contributed by atoms with Crippen LogP contribution in [0.3, 0.4) is 0 Å². The first-order valence-corrected chi connectivity index (χ1v) is 10.4. The maximum atomic E-state index is 12.3. The second-order valence-electron chi connectivity index (χ2n) is 7.14. The van der Waals surface area contributed by atoms with Crippen molar-refractivity contribution < 1.29 is 19.1 Å². The minimum absolute atomic E-state index is 0.225. The topological polar surface area (TPSA) is 89.5 Å². The van der Waals surface area contributed by atoms with Crippen LogP contribution < -0.4 is 20.1 Å². The normalized spacial score (nSPS) is 10.3. The lowest BCUT2D eigenvalue weighted by atomic mass is 10.1. The molecule has 32 heavy (non-hydrogen) atoms. The van der Waals surface area contributed by atoms with Crippen molar-refractivity contribution in [3.63, 3.8) is 0 Å². The Balaban J connectivity index is 1.42. The third kappa shape index (κ3) is 6.57. The first-order chi connectivity index (χ1) is 15.6. The van der Waals surface area contributed by atoms with Gasteiger partial charge in [0.15, 0.2) is 0 Å². The van der Waals surface area contributed by atoms with E-state index in [9.17, 15) is 9.59 Å². The molecule has 7 heteroatoms. The van der Waals surface area contributed by atoms with Crippen LogP contribution in [0, 0.1) is 0 Å². The molecule has 1 aromatic heterocycles. The van der Waals surface area contributed by atoms with Crippen LogP contribution in [0.4, 0.5) is 0 Å². The van der Waals surface area contributed by atoms with Crippen molar-refractivity contribution in [3.8, 4) is 11.5 Å². The van der Waals surface area contributed by atoms with Crippen LogP contribution in [0.15, 0.2) is 66.9 Å². The number of aromatic nitrogens is 1. The molecule has 3 aromatic rings. The van der Waals surface area contributed by atoms with E-state index in [1.807, 2.05) is 48.5 Å². The summed E-state index contributed by atoms with van der Waals surface area (Å²) in [4.78, 5) is 28.7. The van der Waals surface area contributed by atoms with E-state index in [1.165, 1.54) is 6.20 Å². The number of carbonyl (C=O) groups is 2. The number of nitrogens with one attached hydrogen (secondary N) is 2. The number of carbonyl (C=O) groups excluding carboxylic acids is 2. The van der Waals surface area contributed by atoms with Crippen LogP contribution >= 0.6 is 0 Å². The molecule has 7 nitrogen and oxygen atoms in total. The van der Waals surface area contributed by atoms with Gasteiger partial charge in [0.2, 0.25) is 0 Å². The number of pyridine rings is 1. The fraction of sp³-hybridized carbons (Fsp3) is 0.240. The van der Waals surface area contributed by atoms with Gasteiger partial charge in [0.05, 0.1) is 19.8 Å². The van der Waals surface area contributed by atoms with Gasteiger partial charge in [-0.3, -0.25) is 14.6 Å². The minimum Gasteiger partial charge on any atom is -0.497 e. The SMILES string of the molecule is COc1ccc(CCNC(=O)c2ccc(C(=O)NCCc3ccc(OC)cc3)nc2)cc1. The molecule has 0 aliphatic carbocycles. The van der Waals surface area contributed by atoms with Crippen molar-refractivity contribution in [2.75, 3.05) is 27.3 Å². The van der Waals surface area contributed by atoms with E-state index in [4.69, 9.17) is 9.47 Å². The summed E-state index contributed by atoms with van der Waals surface area (Å²) in [6.45, 7) is 0.985. The summed E-state index contributed by atoms with van der Waals surface area (Å²) in [6.07, 6.45) is 2.82. The molecule has 166 valence electrons. The molecule has 0 saturated carbocycles. The summed E-state index contributed by atoms with van der Waals surface area (Å²) < 4.78 is 10.3. The van der Waals surface area contributed by atoms with Crippen LogP contribution in [0.2, 0.25) is 0 Å². The second kappa shape index (κ2) is 11.5. The lowest BCUT2D eigenvalue weighted by molar-refractivity contribution is 0.0938. The number of methoxy groups -OCH3 is 2. The number of rotatable bonds is 10. The zero-order valence-corrected chi connectivity index (χ0v) is 18.3. The molecule has 0 fully saturated rings. The zero-order valence-electron chi connectivity index (χ0n) is 18.3. The monoisotopic (exact) mass is 433 g/mol. The molecule has 0 aliphatic rings. The molecule has 0 atom stereocenters. The quantitative estimate of drug-likeness (QED) is 0.513. The number of nitrogens with zero attached hydrogens (tertiary/aromatic N) is 1. The highest BCUT2D eigenvalue weighted by Gasteiger charge is 2.10. The Morgan fingerprint density at radius 2 is 1.22 bits per heavy atom. The molecule has 2 aromatic carbocycles. The van der Waals surface area contributed by atoms with Crippen LogP contribution in [-0.2, 0) is 12.8 Å². The van der Waals surface area contributed by atoms with E-state index >= 15 is 0 Å². The fourth-order valence-corrected chi connectivity index (χ4v) is 3.08. The Hall–Kier alpha value is -3.87. The minimum atomic E-state index is -0.273. The molecule has 1 heterocycles. The predicted octanol–water partition coefficient (Wildman–Crippen LogP) is 3.04. The van der Waals surface area contributed by atoms with Gasteiger partial charge >= 0.3 is 0 Å². The van der Waals surface area contributed by atoms with Crippen LogP contribution in [0.5, 0.6) is 11.5 Å². The second-order valence-corrected chi connectivity index (χ2v) is 7.14. The number of ether oxygens (including phenoxy) is 2. The van der Waals surface area contributed by atoms with Gasteiger partial charge in [-0.05, 0) is 60.4 Å². The van der Waals surface area contributed by atoms with Crippen molar-refractivity contribution in [1.82, 2.24) is 15.6 Å². The molecule has 0 unspecified atom stereocenters. The van der Waals surface area contributed by atoms with E-state index in [0.717, 1.165) is 22.6 Å². The van der Waals surface area contributed by atoms with Crippen LogP contribution in [-0.4, -0.2) is 44.1 Å². The van der Waals surface area contributed by atoms with Gasteiger partial charge in [-0.2, -0.15) is 0 Å².